The smallest absolute Gasteiger partial charge is 0.319 e. The highest BCUT2D eigenvalue weighted by Gasteiger charge is 2.17. The summed E-state index contributed by atoms with van der Waals surface area (Å²) in [6, 6.07) is 0. The van der Waals surface area contributed by atoms with Crippen molar-refractivity contribution in [1.29, 1.82) is 0 Å². The van der Waals surface area contributed by atoms with Gasteiger partial charge in [-0.3, -0.25) is 33.9 Å². The van der Waals surface area contributed by atoms with E-state index in [1.807, 2.05) is 9.80 Å². The van der Waals surface area contributed by atoms with E-state index < -0.39 is 5.97 Å². The van der Waals surface area contributed by atoms with Gasteiger partial charge in [-0.15, -0.1) is 0 Å². The van der Waals surface area contributed by atoms with Gasteiger partial charge >= 0.3 is 11.9 Å². The topological polar surface area (TPSA) is 96.5 Å². The van der Waals surface area contributed by atoms with Gasteiger partial charge in [-0.05, 0) is 26.8 Å². The monoisotopic (exact) mass is 415 g/mol. The standard InChI is InChI=1S/C20H37N3O6/c1-6-7-8-21(15-19(26)28-4)9-10-22(13-17(2)24)11-12-23(14-18(3)25)16-20(27)29-5/h6-16H2,1-5H3. The Bertz CT molecular complexity index is 526. The zero-order chi connectivity index (χ0) is 22.2. The van der Waals surface area contributed by atoms with Gasteiger partial charge in [0.2, 0.25) is 0 Å². The summed E-state index contributed by atoms with van der Waals surface area (Å²) in [4.78, 5) is 52.1. The van der Waals surface area contributed by atoms with Crippen molar-refractivity contribution in [3.8, 4) is 0 Å². The molecule has 168 valence electrons. The average molecular weight is 416 g/mol. The van der Waals surface area contributed by atoms with Crippen molar-refractivity contribution in [3.63, 3.8) is 0 Å². The number of hydrogen-bond donors (Lipinski definition) is 0. The molecule has 0 atom stereocenters. The minimum atomic E-state index is -0.409. The number of rotatable bonds is 17. The van der Waals surface area contributed by atoms with E-state index in [0.717, 1.165) is 19.4 Å². The molecule has 0 saturated heterocycles. The van der Waals surface area contributed by atoms with Crippen LogP contribution in [0.25, 0.3) is 0 Å². The first kappa shape index (κ1) is 27.2. The molecule has 0 aromatic rings. The van der Waals surface area contributed by atoms with Gasteiger partial charge in [0.1, 0.15) is 11.6 Å². The van der Waals surface area contributed by atoms with Crippen LogP contribution in [0.5, 0.6) is 0 Å². The number of hydrogen-bond acceptors (Lipinski definition) is 9. The molecule has 0 fully saturated rings. The molecular formula is C20H37N3O6. The van der Waals surface area contributed by atoms with Crippen molar-refractivity contribution < 1.29 is 28.7 Å². The van der Waals surface area contributed by atoms with Gasteiger partial charge in [0.25, 0.3) is 0 Å². The summed E-state index contributed by atoms with van der Waals surface area (Å²) in [5.74, 6) is -0.710. The second kappa shape index (κ2) is 16.0. The Hall–Kier alpha value is -1.84. The lowest BCUT2D eigenvalue weighted by Crippen LogP contribution is -2.44. The first-order chi connectivity index (χ1) is 13.7. The SMILES string of the molecule is CCCCN(CCN(CCN(CC(C)=O)CC(=O)OC)CC(C)=O)CC(=O)OC. The van der Waals surface area contributed by atoms with Crippen LogP contribution < -0.4 is 0 Å². The highest BCUT2D eigenvalue weighted by atomic mass is 16.5. The van der Waals surface area contributed by atoms with Crippen LogP contribution in [0.15, 0.2) is 0 Å². The third-order valence-electron chi connectivity index (χ3n) is 4.35. The predicted octanol–water partition coefficient (Wildman–Crippen LogP) is 0.217. The van der Waals surface area contributed by atoms with Crippen LogP contribution >= 0.6 is 0 Å². The summed E-state index contributed by atoms with van der Waals surface area (Å²) in [5, 5.41) is 0. The van der Waals surface area contributed by atoms with Crippen LogP contribution in [0.3, 0.4) is 0 Å². The molecule has 0 heterocycles. The summed E-state index contributed by atoms with van der Waals surface area (Å²) >= 11 is 0. The van der Waals surface area contributed by atoms with Crippen molar-refractivity contribution in [3.05, 3.63) is 0 Å². The van der Waals surface area contributed by atoms with Crippen LogP contribution in [0.2, 0.25) is 0 Å². The zero-order valence-electron chi connectivity index (χ0n) is 18.6. The molecule has 0 bridgehead atoms. The van der Waals surface area contributed by atoms with Gasteiger partial charge < -0.3 is 9.47 Å². The van der Waals surface area contributed by atoms with Crippen LogP contribution in [-0.4, -0.2) is 111 Å². The van der Waals surface area contributed by atoms with E-state index in [4.69, 9.17) is 4.74 Å². The Kier molecular flexibility index (Phi) is 15.0. The summed E-state index contributed by atoms with van der Waals surface area (Å²) in [6.07, 6.45) is 1.98. The molecule has 0 aliphatic heterocycles. The second-order valence-corrected chi connectivity index (χ2v) is 7.17. The molecule has 0 aromatic carbocycles. The molecule has 0 radical (unpaired) electrons. The van der Waals surface area contributed by atoms with Gasteiger partial charge in [0.15, 0.2) is 0 Å². The zero-order valence-corrected chi connectivity index (χ0v) is 18.6. The number of esters is 2. The normalized spacial score (nSPS) is 11.2. The Balaban J connectivity index is 4.88. The Morgan fingerprint density at radius 2 is 1.00 bits per heavy atom. The molecule has 9 nitrogen and oxygen atoms in total. The maximum absolute atomic E-state index is 11.7. The fourth-order valence-corrected chi connectivity index (χ4v) is 2.83. The van der Waals surface area contributed by atoms with Gasteiger partial charge in [-0.25, -0.2) is 0 Å². The number of unbranched alkanes of at least 4 members (excludes halogenated alkanes) is 1. The number of nitrogens with zero attached hydrogens (tertiary/aromatic N) is 3. The lowest BCUT2D eigenvalue weighted by Gasteiger charge is -2.28. The highest BCUT2D eigenvalue weighted by Crippen LogP contribution is 2.00. The molecule has 0 unspecified atom stereocenters. The molecule has 0 aromatic heterocycles. The third kappa shape index (κ3) is 14.8. The number of Topliss-reactive ketones (excluding diaryl/α,β-unsaturated/α-hetero) is 2. The molecule has 0 aliphatic rings. The number of methoxy groups -OCH3 is 2. The minimum Gasteiger partial charge on any atom is -0.468 e. The maximum Gasteiger partial charge on any atom is 0.319 e. The van der Waals surface area contributed by atoms with Gasteiger partial charge in [0.05, 0.1) is 40.4 Å². The summed E-state index contributed by atoms with van der Waals surface area (Å²) in [6.45, 7) is 8.68. The summed E-state index contributed by atoms with van der Waals surface area (Å²) in [7, 11) is 2.68. The third-order valence-corrected chi connectivity index (χ3v) is 4.35. The van der Waals surface area contributed by atoms with Crippen LogP contribution in [0.1, 0.15) is 33.6 Å². The molecular weight excluding hydrogens is 378 g/mol. The molecule has 0 rings (SSSR count). The number of carbonyl (C=O) groups excluding carboxylic acids is 4. The van der Waals surface area contributed by atoms with E-state index in [-0.39, 0.29) is 43.7 Å². The quantitative estimate of drug-likeness (QED) is 0.309. The van der Waals surface area contributed by atoms with Crippen molar-refractivity contribution in [2.45, 2.75) is 33.6 Å². The van der Waals surface area contributed by atoms with Crippen molar-refractivity contribution >= 4 is 23.5 Å². The van der Waals surface area contributed by atoms with Gasteiger partial charge in [-0.1, -0.05) is 13.3 Å². The number of ether oxygens (including phenoxy) is 2. The van der Waals surface area contributed by atoms with E-state index >= 15 is 0 Å². The maximum atomic E-state index is 11.7. The molecule has 9 heteroatoms. The van der Waals surface area contributed by atoms with Crippen LogP contribution in [0.4, 0.5) is 0 Å². The van der Waals surface area contributed by atoms with E-state index in [2.05, 4.69) is 11.7 Å². The van der Waals surface area contributed by atoms with Crippen molar-refractivity contribution in [2.75, 3.05) is 73.1 Å². The Morgan fingerprint density at radius 3 is 1.41 bits per heavy atom. The Labute approximate surface area is 174 Å². The first-order valence-corrected chi connectivity index (χ1v) is 10.0. The lowest BCUT2D eigenvalue weighted by atomic mass is 10.3. The van der Waals surface area contributed by atoms with Gasteiger partial charge in [-0.2, -0.15) is 0 Å². The summed E-state index contributed by atoms with van der Waals surface area (Å²) in [5.41, 5.74) is 0. The molecule has 0 aliphatic carbocycles. The van der Waals surface area contributed by atoms with Gasteiger partial charge in [0, 0.05) is 26.2 Å². The minimum absolute atomic E-state index is 0.0228. The predicted molar refractivity (Wildman–Crippen MR) is 110 cm³/mol. The molecule has 0 amide bonds. The van der Waals surface area contributed by atoms with Crippen molar-refractivity contribution in [2.24, 2.45) is 0 Å². The molecule has 0 N–H and O–H groups in total. The highest BCUT2D eigenvalue weighted by molar-refractivity contribution is 5.79. The van der Waals surface area contributed by atoms with Crippen LogP contribution in [-0.2, 0) is 28.7 Å². The number of ketones is 2. The first-order valence-electron chi connectivity index (χ1n) is 10.0. The lowest BCUT2D eigenvalue weighted by molar-refractivity contribution is -0.143. The molecule has 0 saturated carbocycles. The van der Waals surface area contributed by atoms with E-state index in [0.29, 0.717) is 26.2 Å². The second-order valence-electron chi connectivity index (χ2n) is 7.17. The van der Waals surface area contributed by atoms with E-state index in [1.54, 1.807) is 4.90 Å². The largest absolute Gasteiger partial charge is 0.468 e. The summed E-state index contributed by atoms with van der Waals surface area (Å²) < 4.78 is 9.45. The fourth-order valence-electron chi connectivity index (χ4n) is 2.83. The fraction of sp³-hybridized carbons (Fsp3) is 0.800. The van der Waals surface area contributed by atoms with Crippen molar-refractivity contribution in [1.82, 2.24) is 14.7 Å². The van der Waals surface area contributed by atoms with E-state index in [1.165, 1.54) is 28.1 Å². The molecule has 29 heavy (non-hydrogen) atoms. The van der Waals surface area contributed by atoms with E-state index in [9.17, 15) is 19.2 Å². The Morgan fingerprint density at radius 1 is 0.621 bits per heavy atom. The average Bonchev–Trinajstić information content (AvgIpc) is 2.66. The van der Waals surface area contributed by atoms with Crippen LogP contribution in [0, 0.1) is 0 Å². The number of carbonyl (C=O) groups is 4. The molecule has 0 spiro atoms.